The van der Waals surface area contributed by atoms with Crippen molar-refractivity contribution in [3.63, 3.8) is 0 Å². The van der Waals surface area contributed by atoms with Gasteiger partial charge in [0.2, 0.25) is 5.79 Å². The Morgan fingerprint density at radius 1 is 1.20 bits per heavy atom. The summed E-state index contributed by atoms with van der Waals surface area (Å²) in [7, 11) is 1.60. The molecule has 0 atom stereocenters. The maximum Gasteiger partial charge on any atom is 0.255 e. The lowest BCUT2D eigenvalue weighted by Gasteiger charge is -2.34. The molecule has 0 spiro atoms. The van der Waals surface area contributed by atoms with Crippen LogP contribution in [0.2, 0.25) is 0 Å². The maximum absolute atomic E-state index is 12.9. The van der Waals surface area contributed by atoms with E-state index in [1.54, 1.807) is 7.11 Å². The van der Waals surface area contributed by atoms with Crippen molar-refractivity contribution in [1.29, 1.82) is 0 Å². The van der Waals surface area contributed by atoms with Crippen LogP contribution in [0.1, 0.15) is 40.9 Å². The molecule has 0 saturated carbocycles. The summed E-state index contributed by atoms with van der Waals surface area (Å²) in [6.07, 6.45) is 0. The second-order valence-electron chi connectivity index (χ2n) is 6.85. The van der Waals surface area contributed by atoms with Gasteiger partial charge in [-0.2, -0.15) is 0 Å². The molecule has 5 heteroatoms. The summed E-state index contributed by atoms with van der Waals surface area (Å²) in [5.74, 6) is 0.657. The molecule has 25 heavy (non-hydrogen) atoms. The van der Waals surface area contributed by atoms with Gasteiger partial charge in [-0.1, -0.05) is 30.3 Å². The average Bonchev–Trinajstić information content (AvgIpc) is 2.90. The zero-order valence-electron chi connectivity index (χ0n) is 14.7. The van der Waals surface area contributed by atoms with Crippen molar-refractivity contribution in [2.24, 2.45) is 0 Å². The third-order valence-electron chi connectivity index (χ3n) is 4.66. The number of carbonyl (C=O) groups is 1. The van der Waals surface area contributed by atoms with Crippen molar-refractivity contribution in [3.8, 4) is 11.5 Å². The highest BCUT2D eigenvalue weighted by molar-refractivity contribution is 6.00. The van der Waals surface area contributed by atoms with Crippen LogP contribution in [-0.4, -0.2) is 23.7 Å². The summed E-state index contributed by atoms with van der Waals surface area (Å²) in [4.78, 5) is 14.7. The van der Waals surface area contributed by atoms with Crippen molar-refractivity contribution < 1.29 is 19.0 Å². The van der Waals surface area contributed by atoms with Crippen molar-refractivity contribution in [3.05, 3.63) is 58.7 Å². The van der Waals surface area contributed by atoms with Gasteiger partial charge in [0.05, 0.1) is 31.4 Å². The van der Waals surface area contributed by atoms with Crippen molar-refractivity contribution >= 4 is 5.91 Å². The lowest BCUT2D eigenvalue weighted by Crippen LogP contribution is -2.36. The van der Waals surface area contributed by atoms with E-state index in [4.69, 9.17) is 14.2 Å². The minimum atomic E-state index is -0.719. The molecule has 1 amide bonds. The summed E-state index contributed by atoms with van der Waals surface area (Å²) in [6, 6.07) is 11.8. The summed E-state index contributed by atoms with van der Waals surface area (Å²) in [6.45, 7) is 5.27. The van der Waals surface area contributed by atoms with Gasteiger partial charge < -0.3 is 19.1 Å². The molecule has 0 aromatic heterocycles. The summed E-state index contributed by atoms with van der Waals surface area (Å²) < 4.78 is 17.3. The Morgan fingerprint density at radius 2 is 1.96 bits per heavy atom. The molecule has 0 saturated heterocycles. The van der Waals surface area contributed by atoms with Gasteiger partial charge in [0.1, 0.15) is 11.5 Å². The third kappa shape index (κ3) is 2.74. The molecule has 2 aromatic carbocycles. The zero-order chi connectivity index (χ0) is 17.6. The topological polar surface area (TPSA) is 48.0 Å². The number of hydrogen-bond donors (Lipinski definition) is 0. The van der Waals surface area contributed by atoms with E-state index in [0.717, 1.165) is 22.4 Å². The molecule has 0 fully saturated rings. The van der Waals surface area contributed by atoms with E-state index < -0.39 is 5.79 Å². The van der Waals surface area contributed by atoms with Gasteiger partial charge in [-0.3, -0.25) is 4.79 Å². The van der Waals surface area contributed by atoms with E-state index >= 15 is 0 Å². The van der Waals surface area contributed by atoms with Crippen LogP contribution in [0, 0.1) is 0 Å². The smallest absolute Gasteiger partial charge is 0.255 e. The van der Waals surface area contributed by atoms with Gasteiger partial charge in [0, 0.05) is 26.0 Å². The predicted octanol–water partition coefficient (Wildman–Crippen LogP) is 3.50. The Kier molecular flexibility index (Phi) is 3.69. The molecule has 0 radical (unpaired) electrons. The average molecular weight is 339 g/mol. The number of carbonyl (C=O) groups excluding carboxylic acids is 1. The van der Waals surface area contributed by atoms with Gasteiger partial charge >= 0.3 is 0 Å². The van der Waals surface area contributed by atoms with Crippen molar-refractivity contribution in [2.45, 2.75) is 39.3 Å². The van der Waals surface area contributed by atoms with E-state index in [1.165, 1.54) is 0 Å². The molecule has 2 aliphatic heterocycles. The predicted molar refractivity (Wildman–Crippen MR) is 92.5 cm³/mol. The minimum absolute atomic E-state index is 0.00727. The number of hydrogen-bond acceptors (Lipinski definition) is 4. The van der Waals surface area contributed by atoms with Crippen LogP contribution in [-0.2, 0) is 24.4 Å². The first-order chi connectivity index (χ1) is 12.0. The Hall–Kier alpha value is -2.53. The molecular formula is C20H21NO4. The highest BCUT2D eigenvalue weighted by atomic mass is 16.7. The third-order valence-corrected chi connectivity index (χ3v) is 4.66. The van der Waals surface area contributed by atoms with Crippen molar-refractivity contribution in [2.75, 3.05) is 7.11 Å². The summed E-state index contributed by atoms with van der Waals surface area (Å²) in [5, 5.41) is 0. The van der Waals surface area contributed by atoms with Crippen LogP contribution in [0.15, 0.2) is 36.4 Å². The number of fused-ring (bicyclic) bond motifs is 3. The Morgan fingerprint density at radius 3 is 2.68 bits per heavy atom. The normalized spacial score (nSPS) is 17.7. The molecular weight excluding hydrogens is 318 g/mol. The molecule has 130 valence electrons. The fraction of sp³-hybridized carbons (Fsp3) is 0.350. The van der Waals surface area contributed by atoms with Gasteiger partial charge in [-0.05, 0) is 11.6 Å². The van der Waals surface area contributed by atoms with E-state index in [0.29, 0.717) is 31.0 Å². The van der Waals surface area contributed by atoms with Crippen molar-refractivity contribution in [1.82, 2.24) is 4.90 Å². The molecule has 2 heterocycles. The summed E-state index contributed by atoms with van der Waals surface area (Å²) in [5.41, 5.74) is 3.56. The highest BCUT2D eigenvalue weighted by Crippen LogP contribution is 2.44. The fourth-order valence-corrected chi connectivity index (χ4v) is 3.40. The molecule has 4 rings (SSSR count). The van der Waals surface area contributed by atoms with Gasteiger partial charge in [-0.25, -0.2) is 0 Å². The Labute approximate surface area is 147 Å². The van der Waals surface area contributed by atoms with E-state index in [-0.39, 0.29) is 5.91 Å². The number of methoxy groups -OCH3 is 1. The second-order valence-corrected chi connectivity index (χ2v) is 6.85. The standard InChI is InChI=1S/C20H21NO4/c1-20(2)24-12-16-17(23-3)9-14-15(18(16)25-20)11-21(19(14)22)10-13-7-5-4-6-8-13/h4-9H,10-12H2,1-3H3. The molecule has 0 unspecified atom stereocenters. The lowest BCUT2D eigenvalue weighted by atomic mass is 10.0. The monoisotopic (exact) mass is 339 g/mol. The van der Waals surface area contributed by atoms with Crippen LogP contribution in [0.5, 0.6) is 11.5 Å². The van der Waals surface area contributed by atoms with Gasteiger partial charge in [-0.15, -0.1) is 0 Å². The Bertz CT molecular complexity index is 829. The largest absolute Gasteiger partial charge is 0.496 e. The SMILES string of the molecule is COc1cc2c(c3c1COC(C)(C)O3)CN(Cc1ccccc1)C2=O. The highest BCUT2D eigenvalue weighted by Gasteiger charge is 2.38. The van der Waals surface area contributed by atoms with Crippen LogP contribution >= 0.6 is 0 Å². The number of benzene rings is 2. The molecule has 0 N–H and O–H groups in total. The number of ether oxygens (including phenoxy) is 3. The van der Waals surface area contributed by atoms with E-state index in [9.17, 15) is 4.79 Å². The first kappa shape index (κ1) is 16.0. The zero-order valence-corrected chi connectivity index (χ0v) is 14.7. The molecule has 2 aliphatic rings. The molecule has 0 bridgehead atoms. The number of amides is 1. The van der Waals surface area contributed by atoms with Crippen LogP contribution in [0.3, 0.4) is 0 Å². The Balaban J connectivity index is 1.73. The van der Waals surface area contributed by atoms with E-state index in [1.807, 2.05) is 55.1 Å². The van der Waals surface area contributed by atoms with Gasteiger partial charge in [0.15, 0.2) is 0 Å². The molecule has 5 nitrogen and oxygen atoms in total. The van der Waals surface area contributed by atoms with Crippen LogP contribution in [0.4, 0.5) is 0 Å². The fourth-order valence-electron chi connectivity index (χ4n) is 3.40. The van der Waals surface area contributed by atoms with Crippen LogP contribution in [0.25, 0.3) is 0 Å². The first-order valence-electron chi connectivity index (χ1n) is 8.37. The molecule has 0 aliphatic carbocycles. The van der Waals surface area contributed by atoms with Crippen LogP contribution < -0.4 is 9.47 Å². The first-order valence-corrected chi connectivity index (χ1v) is 8.37. The minimum Gasteiger partial charge on any atom is -0.496 e. The number of nitrogens with zero attached hydrogens (tertiary/aromatic N) is 1. The number of rotatable bonds is 3. The maximum atomic E-state index is 12.9. The quantitative estimate of drug-likeness (QED) is 0.859. The second kappa shape index (κ2) is 5.77. The van der Waals surface area contributed by atoms with Gasteiger partial charge in [0.25, 0.3) is 5.91 Å². The summed E-state index contributed by atoms with van der Waals surface area (Å²) >= 11 is 0. The lowest BCUT2D eigenvalue weighted by molar-refractivity contribution is -0.180. The molecule has 2 aromatic rings. The van der Waals surface area contributed by atoms with E-state index in [2.05, 4.69) is 0 Å².